The fourth-order valence-corrected chi connectivity index (χ4v) is 4.12. The Labute approximate surface area is 166 Å². The van der Waals surface area contributed by atoms with Crippen LogP contribution >= 0.6 is 0 Å². The molecule has 0 radical (unpaired) electrons. The molecule has 0 aromatic heterocycles. The van der Waals surface area contributed by atoms with Gasteiger partial charge in [-0.25, -0.2) is 0 Å². The Morgan fingerprint density at radius 3 is 2.21 bits per heavy atom. The molecule has 142 valence electrons. The minimum absolute atomic E-state index is 0.0811. The summed E-state index contributed by atoms with van der Waals surface area (Å²) in [5, 5.41) is 2.32. The predicted octanol–water partition coefficient (Wildman–Crippen LogP) is 6.48. The Balaban J connectivity index is 2.07. The highest BCUT2D eigenvalue weighted by Crippen LogP contribution is 2.55. The normalized spacial score (nSPS) is 19.0. The summed E-state index contributed by atoms with van der Waals surface area (Å²) in [6.07, 6.45) is 1.89. The Bertz CT molecular complexity index is 1090. The molecule has 2 nitrogen and oxygen atoms in total. The Morgan fingerprint density at radius 1 is 0.964 bits per heavy atom. The van der Waals surface area contributed by atoms with E-state index in [-0.39, 0.29) is 11.9 Å². The Kier molecular flexibility index (Phi) is 4.19. The zero-order chi connectivity index (χ0) is 20.1. The second-order valence-corrected chi connectivity index (χ2v) is 8.69. The first-order valence-corrected chi connectivity index (χ1v) is 9.78. The van der Waals surface area contributed by atoms with Crippen LogP contribution in [0, 0.1) is 11.3 Å². The van der Waals surface area contributed by atoms with Gasteiger partial charge in [-0.3, -0.25) is 4.79 Å². The van der Waals surface area contributed by atoms with E-state index in [0.29, 0.717) is 0 Å². The summed E-state index contributed by atoms with van der Waals surface area (Å²) in [6, 6.07) is 21.0. The van der Waals surface area contributed by atoms with Crippen LogP contribution in [0.1, 0.15) is 38.8 Å². The third-order valence-electron chi connectivity index (χ3n) is 5.76. The number of ether oxygens (including phenoxy) is 1. The van der Waals surface area contributed by atoms with Gasteiger partial charge in [0.05, 0.1) is 5.41 Å². The molecule has 0 bridgehead atoms. The lowest BCUT2D eigenvalue weighted by atomic mass is 9.79. The number of benzene rings is 3. The molecular weight excluding hydrogens is 344 g/mol. The van der Waals surface area contributed by atoms with E-state index >= 15 is 0 Å². The van der Waals surface area contributed by atoms with Crippen LogP contribution in [0.15, 0.2) is 73.3 Å². The largest absolute Gasteiger partial charge is 0.448 e. The summed E-state index contributed by atoms with van der Waals surface area (Å²) >= 11 is 0. The molecule has 2 atom stereocenters. The number of hydrogen-bond acceptors (Lipinski definition) is 2. The zero-order valence-corrected chi connectivity index (χ0v) is 17.0. The maximum atomic E-state index is 13.1. The van der Waals surface area contributed by atoms with Gasteiger partial charge in [0.15, 0.2) is 5.60 Å². The van der Waals surface area contributed by atoms with E-state index in [1.807, 2.05) is 45.0 Å². The first-order chi connectivity index (χ1) is 13.3. The number of hydrogen-bond donors (Lipinski definition) is 0. The van der Waals surface area contributed by atoms with E-state index < -0.39 is 11.0 Å². The van der Waals surface area contributed by atoms with Crippen molar-refractivity contribution < 1.29 is 9.53 Å². The van der Waals surface area contributed by atoms with Crippen LogP contribution < -0.4 is 0 Å². The summed E-state index contributed by atoms with van der Waals surface area (Å²) in [5.74, 6) is -0.292. The van der Waals surface area contributed by atoms with Gasteiger partial charge in [-0.2, -0.15) is 0 Å². The van der Waals surface area contributed by atoms with Crippen LogP contribution in [0.2, 0.25) is 0 Å². The molecule has 3 aromatic rings. The van der Waals surface area contributed by atoms with Crippen molar-refractivity contribution in [1.29, 1.82) is 0 Å². The molecule has 1 aliphatic rings. The number of rotatable bonds is 3. The SMILES string of the molecule is C=CC(C)C1(OC(=O)C(C)(C)C)c2ccccc2-c2cc3ccccc3cc21. The second kappa shape index (κ2) is 6.34. The molecule has 28 heavy (non-hydrogen) atoms. The van der Waals surface area contributed by atoms with E-state index in [2.05, 4.69) is 56.0 Å². The molecule has 0 heterocycles. The fourth-order valence-electron chi connectivity index (χ4n) is 4.12. The highest BCUT2D eigenvalue weighted by molar-refractivity contribution is 5.94. The van der Waals surface area contributed by atoms with Crippen LogP contribution in [0.25, 0.3) is 21.9 Å². The van der Waals surface area contributed by atoms with Crippen molar-refractivity contribution in [3.8, 4) is 11.1 Å². The number of carbonyl (C=O) groups is 1. The van der Waals surface area contributed by atoms with Gasteiger partial charge in [-0.15, -0.1) is 6.58 Å². The fraction of sp³-hybridized carbons (Fsp3) is 0.269. The highest BCUT2D eigenvalue weighted by atomic mass is 16.6. The van der Waals surface area contributed by atoms with E-state index in [1.54, 1.807) is 0 Å². The molecule has 0 saturated carbocycles. The average molecular weight is 370 g/mol. The smallest absolute Gasteiger partial charge is 0.312 e. The molecule has 2 heteroatoms. The summed E-state index contributed by atoms with van der Waals surface area (Å²) in [6.45, 7) is 11.8. The molecule has 0 N–H and O–H groups in total. The van der Waals surface area contributed by atoms with Crippen LogP contribution in [0.5, 0.6) is 0 Å². The summed E-state index contributed by atoms with van der Waals surface area (Å²) in [5.41, 5.74) is 2.86. The Hall–Kier alpha value is -2.87. The van der Waals surface area contributed by atoms with Gasteiger partial charge in [0.2, 0.25) is 0 Å². The van der Waals surface area contributed by atoms with Crippen molar-refractivity contribution in [2.24, 2.45) is 11.3 Å². The van der Waals surface area contributed by atoms with Crippen LogP contribution in [-0.4, -0.2) is 5.97 Å². The topological polar surface area (TPSA) is 26.3 Å². The van der Waals surface area contributed by atoms with Gasteiger partial charge < -0.3 is 4.74 Å². The summed E-state index contributed by atoms with van der Waals surface area (Å²) in [7, 11) is 0. The minimum Gasteiger partial charge on any atom is -0.448 e. The summed E-state index contributed by atoms with van der Waals surface area (Å²) in [4.78, 5) is 13.1. The molecule has 0 saturated heterocycles. The first kappa shape index (κ1) is 18.5. The predicted molar refractivity (Wildman–Crippen MR) is 115 cm³/mol. The van der Waals surface area contributed by atoms with E-state index in [4.69, 9.17) is 4.74 Å². The van der Waals surface area contributed by atoms with Crippen molar-refractivity contribution in [1.82, 2.24) is 0 Å². The van der Waals surface area contributed by atoms with Gasteiger partial charge in [-0.1, -0.05) is 61.5 Å². The maximum Gasteiger partial charge on any atom is 0.312 e. The standard InChI is InChI=1S/C26H26O2/c1-6-17(2)26(28-24(27)25(3,4)5)22-14-10-9-13-20(22)21-15-18-11-7-8-12-19(18)16-23(21)26/h6-17H,1H2,2-5H3. The zero-order valence-electron chi connectivity index (χ0n) is 17.0. The van der Waals surface area contributed by atoms with Crippen molar-refractivity contribution in [2.45, 2.75) is 33.3 Å². The average Bonchev–Trinajstić information content (AvgIpc) is 2.95. The lowest BCUT2D eigenvalue weighted by Crippen LogP contribution is -2.40. The van der Waals surface area contributed by atoms with Crippen LogP contribution in [-0.2, 0) is 15.1 Å². The monoisotopic (exact) mass is 370 g/mol. The molecule has 0 spiro atoms. The van der Waals surface area contributed by atoms with Crippen LogP contribution in [0.4, 0.5) is 0 Å². The quantitative estimate of drug-likeness (QED) is 0.390. The third kappa shape index (κ3) is 2.59. The summed E-state index contributed by atoms with van der Waals surface area (Å²) < 4.78 is 6.41. The minimum atomic E-state index is -0.873. The van der Waals surface area contributed by atoms with Gasteiger partial charge in [-0.05, 0) is 54.8 Å². The van der Waals surface area contributed by atoms with E-state index in [0.717, 1.165) is 27.6 Å². The van der Waals surface area contributed by atoms with Gasteiger partial charge >= 0.3 is 5.97 Å². The molecule has 2 unspecified atom stereocenters. The lowest BCUT2D eigenvalue weighted by Gasteiger charge is -2.38. The highest BCUT2D eigenvalue weighted by Gasteiger charge is 2.50. The van der Waals surface area contributed by atoms with Gasteiger partial charge in [0, 0.05) is 17.0 Å². The van der Waals surface area contributed by atoms with Crippen molar-refractivity contribution >= 4 is 16.7 Å². The number of carbonyl (C=O) groups excluding carboxylic acids is 1. The molecular formula is C26H26O2. The molecule has 0 aliphatic heterocycles. The number of fused-ring (bicyclic) bond motifs is 4. The molecule has 0 amide bonds. The van der Waals surface area contributed by atoms with Crippen molar-refractivity contribution in [2.75, 3.05) is 0 Å². The molecule has 1 aliphatic carbocycles. The van der Waals surface area contributed by atoms with Gasteiger partial charge in [0.25, 0.3) is 0 Å². The lowest BCUT2D eigenvalue weighted by molar-refractivity contribution is -0.169. The van der Waals surface area contributed by atoms with Crippen molar-refractivity contribution in [3.63, 3.8) is 0 Å². The number of esters is 1. The van der Waals surface area contributed by atoms with Gasteiger partial charge in [0.1, 0.15) is 0 Å². The maximum absolute atomic E-state index is 13.1. The van der Waals surface area contributed by atoms with Crippen LogP contribution in [0.3, 0.4) is 0 Å². The second-order valence-electron chi connectivity index (χ2n) is 8.69. The molecule has 0 fully saturated rings. The molecule has 4 rings (SSSR count). The first-order valence-electron chi connectivity index (χ1n) is 9.78. The van der Waals surface area contributed by atoms with Crippen molar-refractivity contribution in [3.05, 3.63) is 84.4 Å². The van der Waals surface area contributed by atoms with E-state index in [1.165, 1.54) is 5.39 Å². The third-order valence-corrected chi connectivity index (χ3v) is 5.76. The van der Waals surface area contributed by atoms with E-state index in [9.17, 15) is 4.79 Å². The Morgan fingerprint density at radius 2 is 1.57 bits per heavy atom. The molecule has 3 aromatic carbocycles.